The van der Waals surface area contributed by atoms with Crippen LogP contribution in [0.3, 0.4) is 0 Å². The molecule has 0 bridgehead atoms. The predicted octanol–water partition coefficient (Wildman–Crippen LogP) is 1.73. The Morgan fingerprint density at radius 1 is 1.28 bits per heavy atom. The first kappa shape index (κ1) is 17.2. The molecule has 132 valence electrons. The summed E-state index contributed by atoms with van der Waals surface area (Å²) in [4.78, 5) is 24.3. The number of aryl methyl sites for hydroxylation is 1. The van der Waals surface area contributed by atoms with Crippen LogP contribution >= 0.6 is 0 Å². The molecule has 1 aromatic carbocycles. The fraction of sp³-hybridized carbons (Fsp3) is 0.389. The first-order valence-electron chi connectivity index (χ1n) is 8.48. The minimum atomic E-state index is -0.278. The number of amides is 2. The number of rotatable bonds is 4. The monoisotopic (exact) mass is 341 g/mol. The summed E-state index contributed by atoms with van der Waals surface area (Å²) in [6.45, 7) is 3.79. The van der Waals surface area contributed by atoms with Gasteiger partial charge in [-0.3, -0.25) is 14.3 Å². The van der Waals surface area contributed by atoms with Crippen molar-refractivity contribution in [1.29, 1.82) is 0 Å². The molecule has 3 N–H and O–H groups in total. The molecule has 0 saturated carbocycles. The van der Waals surface area contributed by atoms with Crippen molar-refractivity contribution in [2.75, 3.05) is 25.5 Å². The van der Waals surface area contributed by atoms with Crippen LogP contribution in [0.2, 0.25) is 0 Å². The molecule has 1 unspecified atom stereocenters. The Balaban J connectivity index is 1.74. The molecular formula is C18H23N5O2. The second-order valence-corrected chi connectivity index (χ2v) is 6.24. The van der Waals surface area contributed by atoms with Crippen LogP contribution in [0.4, 0.5) is 5.69 Å². The van der Waals surface area contributed by atoms with E-state index in [-0.39, 0.29) is 17.9 Å². The Bertz CT molecular complexity index is 778. The Labute approximate surface area is 146 Å². The smallest absolute Gasteiger partial charge is 0.276 e. The Hall–Kier alpha value is -2.67. The van der Waals surface area contributed by atoms with Gasteiger partial charge in [0.15, 0.2) is 5.69 Å². The maximum Gasteiger partial charge on any atom is 0.276 e. The second-order valence-electron chi connectivity index (χ2n) is 6.24. The highest BCUT2D eigenvalue weighted by Crippen LogP contribution is 2.19. The number of benzene rings is 1. The average Bonchev–Trinajstić information content (AvgIpc) is 3.14. The molecule has 1 saturated heterocycles. The third-order valence-electron chi connectivity index (χ3n) is 4.46. The number of piperidine rings is 1. The summed E-state index contributed by atoms with van der Waals surface area (Å²) in [5.74, 6) is -0.468. The molecule has 2 aromatic rings. The van der Waals surface area contributed by atoms with E-state index in [1.807, 2.05) is 23.9 Å². The van der Waals surface area contributed by atoms with Crippen LogP contribution in [0.15, 0.2) is 30.5 Å². The summed E-state index contributed by atoms with van der Waals surface area (Å²) in [5, 5.41) is 13.2. The lowest BCUT2D eigenvalue weighted by molar-refractivity contribution is 0.0961. The molecule has 0 radical (unpaired) electrons. The van der Waals surface area contributed by atoms with Crippen molar-refractivity contribution < 1.29 is 9.59 Å². The van der Waals surface area contributed by atoms with Gasteiger partial charge < -0.3 is 16.0 Å². The minimum absolute atomic E-state index is 0.190. The zero-order valence-electron chi connectivity index (χ0n) is 14.5. The van der Waals surface area contributed by atoms with Crippen molar-refractivity contribution in [3.8, 4) is 0 Å². The van der Waals surface area contributed by atoms with E-state index in [1.165, 1.54) is 0 Å². The summed E-state index contributed by atoms with van der Waals surface area (Å²) in [7, 11) is 1.58. The van der Waals surface area contributed by atoms with Gasteiger partial charge in [-0.2, -0.15) is 5.10 Å². The molecule has 2 amide bonds. The number of carbonyl (C=O) groups is 2. The van der Waals surface area contributed by atoms with E-state index in [0.29, 0.717) is 16.9 Å². The third kappa shape index (κ3) is 3.88. The normalized spacial score (nSPS) is 17.1. The maximum atomic E-state index is 12.5. The molecule has 1 aliphatic heterocycles. The first-order valence-corrected chi connectivity index (χ1v) is 8.48. The number of anilines is 1. The molecule has 3 rings (SSSR count). The highest BCUT2D eigenvalue weighted by atomic mass is 16.2. The maximum absolute atomic E-state index is 12.5. The molecule has 1 aliphatic rings. The Kier molecular flexibility index (Phi) is 5.14. The fourth-order valence-corrected chi connectivity index (χ4v) is 2.95. The second kappa shape index (κ2) is 7.48. The van der Waals surface area contributed by atoms with Gasteiger partial charge in [0.05, 0.1) is 6.04 Å². The van der Waals surface area contributed by atoms with E-state index in [2.05, 4.69) is 21.0 Å². The molecule has 1 fully saturated rings. The lowest BCUT2D eigenvalue weighted by atomic mass is 10.1. The van der Waals surface area contributed by atoms with Crippen LogP contribution < -0.4 is 16.0 Å². The fourth-order valence-electron chi connectivity index (χ4n) is 2.95. The third-order valence-corrected chi connectivity index (χ3v) is 4.46. The Morgan fingerprint density at radius 3 is 2.84 bits per heavy atom. The molecule has 25 heavy (non-hydrogen) atoms. The number of carbonyl (C=O) groups excluding carboxylic acids is 2. The van der Waals surface area contributed by atoms with Crippen LogP contribution in [0.1, 0.15) is 45.3 Å². The lowest BCUT2D eigenvalue weighted by Gasteiger charge is -2.22. The van der Waals surface area contributed by atoms with Gasteiger partial charge in [0.25, 0.3) is 11.8 Å². The van der Waals surface area contributed by atoms with Crippen LogP contribution in [-0.2, 0) is 0 Å². The zero-order valence-corrected chi connectivity index (χ0v) is 14.5. The molecular weight excluding hydrogens is 318 g/mol. The molecule has 0 spiro atoms. The Morgan fingerprint density at radius 2 is 2.12 bits per heavy atom. The van der Waals surface area contributed by atoms with Gasteiger partial charge in [0, 0.05) is 31.0 Å². The van der Waals surface area contributed by atoms with Crippen molar-refractivity contribution in [1.82, 2.24) is 20.4 Å². The van der Waals surface area contributed by atoms with E-state index in [0.717, 1.165) is 31.5 Å². The van der Waals surface area contributed by atoms with Gasteiger partial charge in [0.1, 0.15) is 0 Å². The highest BCUT2D eigenvalue weighted by molar-refractivity contribution is 6.04. The van der Waals surface area contributed by atoms with E-state index >= 15 is 0 Å². The molecule has 1 atom stereocenters. The summed E-state index contributed by atoms with van der Waals surface area (Å²) in [5.41, 5.74) is 2.37. The van der Waals surface area contributed by atoms with Crippen molar-refractivity contribution in [2.45, 2.75) is 25.8 Å². The van der Waals surface area contributed by atoms with Crippen molar-refractivity contribution in [3.05, 3.63) is 47.3 Å². The predicted molar refractivity (Wildman–Crippen MR) is 95.9 cm³/mol. The molecule has 2 heterocycles. The van der Waals surface area contributed by atoms with Crippen molar-refractivity contribution in [3.63, 3.8) is 0 Å². The van der Waals surface area contributed by atoms with Gasteiger partial charge >= 0.3 is 0 Å². The largest absolute Gasteiger partial charge is 0.355 e. The van der Waals surface area contributed by atoms with Crippen molar-refractivity contribution in [2.24, 2.45) is 0 Å². The van der Waals surface area contributed by atoms with E-state index in [4.69, 9.17) is 0 Å². The SMILES string of the molecule is CNC(=O)c1ccc(C)c(NC(=O)c2ccn(C3CCCNC3)n2)c1. The zero-order chi connectivity index (χ0) is 17.8. The summed E-state index contributed by atoms with van der Waals surface area (Å²) >= 11 is 0. The van der Waals surface area contributed by atoms with Gasteiger partial charge in [-0.1, -0.05) is 6.07 Å². The minimum Gasteiger partial charge on any atom is -0.355 e. The number of hydrogen-bond acceptors (Lipinski definition) is 4. The first-order chi connectivity index (χ1) is 12.1. The highest BCUT2D eigenvalue weighted by Gasteiger charge is 2.18. The van der Waals surface area contributed by atoms with Gasteiger partial charge in [-0.15, -0.1) is 0 Å². The van der Waals surface area contributed by atoms with Crippen molar-refractivity contribution >= 4 is 17.5 Å². The van der Waals surface area contributed by atoms with E-state index < -0.39 is 0 Å². The van der Waals surface area contributed by atoms with Crippen LogP contribution in [0, 0.1) is 6.92 Å². The molecule has 7 nitrogen and oxygen atoms in total. The van der Waals surface area contributed by atoms with E-state index in [1.54, 1.807) is 25.2 Å². The number of nitrogens with zero attached hydrogens (tertiary/aromatic N) is 2. The molecule has 1 aromatic heterocycles. The number of hydrogen-bond donors (Lipinski definition) is 3. The number of aromatic nitrogens is 2. The van der Waals surface area contributed by atoms with E-state index in [9.17, 15) is 9.59 Å². The molecule has 0 aliphatic carbocycles. The van der Waals surface area contributed by atoms with Crippen LogP contribution in [0.25, 0.3) is 0 Å². The van der Waals surface area contributed by atoms with Gasteiger partial charge in [-0.05, 0) is 50.1 Å². The topological polar surface area (TPSA) is 88.0 Å². The average molecular weight is 341 g/mol. The van der Waals surface area contributed by atoms with Crippen LogP contribution in [-0.4, -0.2) is 41.7 Å². The van der Waals surface area contributed by atoms with Crippen LogP contribution in [0.5, 0.6) is 0 Å². The van der Waals surface area contributed by atoms with Gasteiger partial charge in [0.2, 0.25) is 0 Å². The lowest BCUT2D eigenvalue weighted by Crippen LogP contribution is -2.32. The summed E-state index contributed by atoms with van der Waals surface area (Å²) < 4.78 is 1.86. The summed E-state index contributed by atoms with van der Waals surface area (Å²) in [6.07, 6.45) is 4.01. The standard InChI is InChI=1S/C18H23N5O2/c1-12-5-6-13(17(24)19-2)10-16(12)21-18(25)15-7-9-23(22-15)14-4-3-8-20-11-14/h5-7,9-10,14,20H,3-4,8,11H2,1-2H3,(H,19,24)(H,21,25). The van der Waals surface area contributed by atoms with Gasteiger partial charge in [-0.25, -0.2) is 0 Å². The quantitative estimate of drug-likeness (QED) is 0.790. The number of nitrogens with one attached hydrogen (secondary N) is 3. The summed E-state index contributed by atoms with van der Waals surface area (Å²) in [6, 6.07) is 7.23. The molecule has 7 heteroatoms.